The van der Waals surface area contributed by atoms with E-state index in [0.717, 1.165) is 25.7 Å². The number of nitrogens with two attached hydrogens (primary N) is 1. The second kappa shape index (κ2) is 7.91. The standard InChI is InChI=1S/C21H25ClFN5O2/c1-10(29)25-15-7-11-5-13(6-12(11)8-15)19-18(20(24)28(2)27-19)21(30)26-14-3-4-17(23)16(22)9-14/h3-4,9,11-13,15H,5-8,24H2,1-2H3,(H,25,29)(H,26,30). The molecule has 2 atom stereocenters. The second-order valence-corrected chi connectivity index (χ2v) is 8.82. The van der Waals surface area contributed by atoms with Crippen LogP contribution in [0.1, 0.15) is 54.6 Å². The number of aromatic nitrogens is 2. The quantitative estimate of drug-likeness (QED) is 0.687. The van der Waals surface area contributed by atoms with E-state index in [-0.39, 0.29) is 28.8 Å². The predicted molar refractivity (Wildman–Crippen MR) is 113 cm³/mol. The molecule has 2 aliphatic carbocycles. The van der Waals surface area contributed by atoms with Crippen molar-refractivity contribution in [2.24, 2.45) is 18.9 Å². The SMILES string of the molecule is CC(=O)NC1CC2CC(c3nn(C)c(N)c3C(=O)Nc3ccc(F)c(Cl)c3)CC2C1. The molecule has 1 heterocycles. The average molecular weight is 434 g/mol. The summed E-state index contributed by atoms with van der Waals surface area (Å²) in [5.74, 6) is 0.513. The molecule has 30 heavy (non-hydrogen) atoms. The van der Waals surface area contributed by atoms with Gasteiger partial charge in [0.25, 0.3) is 5.91 Å². The fourth-order valence-electron chi connectivity index (χ4n) is 5.09. The largest absolute Gasteiger partial charge is 0.383 e. The second-order valence-electron chi connectivity index (χ2n) is 8.41. The highest BCUT2D eigenvalue weighted by molar-refractivity contribution is 6.31. The number of anilines is 2. The molecule has 2 unspecified atom stereocenters. The molecule has 0 aliphatic heterocycles. The van der Waals surface area contributed by atoms with Crippen molar-refractivity contribution in [3.8, 4) is 0 Å². The van der Waals surface area contributed by atoms with Crippen molar-refractivity contribution >= 4 is 34.9 Å². The maximum absolute atomic E-state index is 13.4. The minimum absolute atomic E-state index is 0.00822. The van der Waals surface area contributed by atoms with Gasteiger partial charge in [-0.05, 0) is 55.7 Å². The molecular weight excluding hydrogens is 409 g/mol. The number of benzene rings is 1. The number of nitrogens with one attached hydrogen (secondary N) is 2. The molecule has 0 saturated heterocycles. The third kappa shape index (κ3) is 3.88. The van der Waals surface area contributed by atoms with Crippen molar-refractivity contribution in [3.05, 3.63) is 40.3 Å². The minimum atomic E-state index is -0.550. The molecule has 7 nitrogen and oxygen atoms in total. The lowest BCUT2D eigenvalue weighted by Crippen LogP contribution is -2.31. The first-order valence-electron chi connectivity index (χ1n) is 10.1. The molecule has 4 rings (SSSR count). The van der Waals surface area contributed by atoms with Gasteiger partial charge in [-0.1, -0.05) is 11.6 Å². The number of hydrogen-bond donors (Lipinski definition) is 3. The molecule has 9 heteroatoms. The fraction of sp³-hybridized carbons (Fsp3) is 0.476. The molecule has 1 aromatic carbocycles. The summed E-state index contributed by atoms with van der Waals surface area (Å²) in [4.78, 5) is 24.4. The van der Waals surface area contributed by atoms with Gasteiger partial charge in [-0.15, -0.1) is 0 Å². The number of carbonyl (C=O) groups excluding carboxylic acids is 2. The zero-order valence-electron chi connectivity index (χ0n) is 16.9. The Bertz CT molecular complexity index is 994. The van der Waals surface area contributed by atoms with E-state index in [1.54, 1.807) is 14.0 Å². The molecule has 2 saturated carbocycles. The Morgan fingerprint density at radius 1 is 1.23 bits per heavy atom. The van der Waals surface area contributed by atoms with E-state index in [1.807, 2.05) is 0 Å². The van der Waals surface area contributed by atoms with E-state index in [0.29, 0.717) is 34.6 Å². The summed E-state index contributed by atoms with van der Waals surface area (Å²) in [6.45, 7) is 1.55. The summed E-state index contributed by atoms with van der Waals surface area (Å²) in [7, 11) is 1.72. The van der Waals surface area contributed by atoms with Gasteiger partial charge in [-0.3, -0.25) is 14.3 Å². The van der Waals surface area contributed by atoms with E-state index < -0.39 is 5.82 Å². The van der Waals surface area contributed by atoms with E-state index in [2.05, 4.69) is 15.7 Å². The van der Waals surface area contributed by atoms with Crippen LogP contribution in [0.25, 0.3) is 0 Å². The van der Waals surface area contributed by atoms with Crippen LogP contribution in [0.4, 0.5) is 15.9 Å². The summed E-state index contributed by atoms with van der Waals surface area (Å²) in [6.07, 6.45) is 3.75. The smallest absolute Gasteiger partial charge is 0.261 e. The van der Waals surface area contributed by atoms with Crippen molar-refractivity contribution in [3.63, 3.8) is 0 Å². The van der Waals surface area contributed by atoms with Crippen molar-refractivity contribution in [2.45, 2.75) is 44.6 Å². The zero-order valence-corrected chi connectivity index (χ0v) is 17.7. The molecule has 2 aromatic rings. The van der Waals surface area contributed by atoms with Crippen molar-refractivity contribution in [1.82, 2.24) is 15.1 Å². The molecule has 0 bridgehead atoms. The summed E-state index contributed by atoms with van der Waals surface area (Å²) < 4.78 is 14.9. The van der Waals surface area contributed by atoms with Gasteiger partial charge < -0.3 is 16.4 Å². The summed E-state index contributed by atoms with van der Waals surface area (Å²) in [6, 6.07) is 4.25. The number of amides is 2. The number of hydrogen-bond acceptors (Lipinski definition) is 4. The van der Waals surface area contributed by atoms with Gasteiger partial charge in [0.1, 0.15) is 17.2 Å². The van der Waals surface area contributed by atoms with E-state index in [9.17, 15) is 14.0 Å². The molecular formula is C21H25ClFN5O2. The van der Waals surface area contributed by atoms with Gasteiger partial charge in [0, 0.05) is 31.6 Å². The van der Waals surface area contributed by atoms with Crippen molar-refractivity contribution in [2.75, 3.05) is 11.1 Å². The number of nitrogen functional groups attached to an aromatic ring is 1. The minimum Gasteiger partial charge on any atom is -0.383 e. The van der Waals surface area contributed by atoms with Crippen LogP contribution in [-0.4, -0.2) is 27.6 Å². The van der Waals surface area contributed by atoms with Gasteiger partial charge in [-0.25, -0.2) is 4.39 Å². The Balaban J connectivity index is 1.52. The molecule has 2 fully saturated rings. The zero-order chi connectivity index (χ0) is 21.6. The first-order valence-corrected chi connectivity index (χ1v) is 10.5. The van der Waals surface area contributed by atoms with Gasteiger partial charge >= 0.3 is 0 Å². The summed E-state index contributed by atoms with van der Waals surface area (Å²) in [5.41, 5.74) is 7.63. The van der Waals surface area contributed by atoms with Crippen LogP contribution in [0.3, 0.4) is 0 Å². The maximum Gasteiger partial charge on any atom is 0.261 e. The first kappa shape index (κ1) is 20.7. The van der Waals surface area contributed by atoms with Crippen LogP contribution in [0.5, 0.6) is 0 Å². The third-order valence-corrected chi connectivity index (χ3v) is 6.62. The molecule has 1 aromatic heterocycles. The lowest BCUT2D eigenvalue weighted by molar-refractivity contribution is -0.119. The number of halogens is 2. The Kier molecular flexibility index (Phi) is 5.44. The molecule has 0 radical (unpaired) electrons. The predicted octanol–water partition coefficient (Wildman–Crippen LogP) is 3.46. The average Bonchev–Trinajstić information content (AvgIpc) is 3.29. The number of rotatable bonds is 4. The highest BCUT2D eigenvalue weighted by atomic mass is 35.5. The third-order valence-electron chi connectivity index (χ3n) is 6.33. The Labute approximate surface area is 179 Å². The number of fused-ring (bicyclic) bond motifs is 1. The highest BCUT2D eigenvalue weighted by Gasteiger charge is 2.44. The maximum atomic E-state index is 13.4. The van der Waals surface area contributed by atoms with E-state index in [4.69, 9.17) is 17.3 Å². The van der Waals surface area contributed by atoms with Gasteiger partial charge in [0.2, 0.25) is 5.91 Å². The first-order chi connectivity index (χ1) is 14.2. The van der Waals surface area contributed by atoms with Crippen molar-refractivity contribution in [1.29, 1.82) is 0 Å². The van der Waals surface area contributed by atoms with E-state index >= 15 is 0 Å². The monoisotopic (exact) mass is 433 g/mol. The molecule has 160 valence electrons. The summed E-state index contributed by atoms with van der Waals surface area (Å²) >= 11 is 5.82. The van der Waals surface area contributed by atoms with Crippen LogP contribution in [0.2, 0.25) is 5.02 Å². The Hall–Kier alpha value is -2.61. The lowest BCUT2D eigenvalue weighted by Gasteiger charge is -2.15. The topological polar surface area (TPSA) is 102 Å². The molecule has 2 aliphatic rings. The molecule has 0 spiro atoms. The highest BCUT2D eigenvalue weighted by Crippen LogP contribution is 2.51. The molecule has 4 N–H and O–H groups in total. The van der Waals surface area contributed by atoms with Crippen LogP contribution in [-0.2, 0) is 11.8 Å². The number of carbonyl (C=O) groups is 2. The molecule has 2 amide bonds. The lowest BCUT2D eigenvalue weighted by atomic mass is 9.95. The van der Waals surface area contributed by atoms with Crippen molar-refractivity contribution < 1.29 is 14.0 Å². The number of nitrogens with zero attached hydrogens (tertiary/aromatic N) is 2. The van der Waals surface area contributed by atoms with Crippen LogP contribution < -0.4 is 16.4 Å². The summed E-state index contributed by atoms with van der Waals surface area (Å²) in [5, 5.41) is 10.3. The fourth-order valence-corrected chi connectivity index (χ4v) is 5.27. The number of aryl methyl sites for hydroxylation is 1. The normalized spacial score (nSPS) is 25.2. The van der Waals surface area contributed by atoms with Crippen LogP contribution in [0.15, 0.2) is 18.2 Å². The Morgan fingerprint density at radius 3 is 2.50 bits per heavy atom. The van der Waals surface area contributed by atoms with Gasteiger partial charge in [0.15, 0.2) is 0 Å². The van der Waals surface area contributed by atoms with Crippen LogP contribution in [0, 0.1) is 17.7 Å². The van der Waals surface area contributed by atoms with Crippen LogP contribution >= 0.6 is 11.6 Å². The van der Waals surface area contributed by atoms with Gasteiger partial charge in [-0.2, -0.15) is 5.10 Å². The Morgan fingerprint density at radius 2 is 1.90 bits per heavy atom. The van der Waals surface area contributed by atoms with Gasteiger partial charge in [0.05, 0.1) is 10.7 Å². The van der Waals surface area contributed by atoms with E-state index in [1.165, 1.54) is 22.9 Å².